The molecule has 4 atom stereocenters. The second-order valence-corrected chi connectivity index (χ2v) is 16.2. The van der Waals surface area contributed by atoms with E-state index in [1.54, 1.807) is 12.1 Å². The van der Waals surface area contributed by atoms with Crippen molar-refractivity contribution in [2.45, 2.75) is 82.5 Å². The van der Waals surface area contributed by atoms with Crippen molar-refractivity contribution in [1.82, 2.24) is 37.2 Å². The Kier molecular flexibility index (Phi) is 26.2. The standard InChI is InChI=1S/C48H63N7O17/c1-30(56)49-18-20-71-22-24-72-23-21-70-19-16-40(57)52-39(27-31-7-6-10-35(26-31)45(63)64)44(62)51-29-41(58)53-38(28-32-12-13-33-8-2-3-9-34(33)25-32)43(61)50-17-5-4-11-36(46(65)66)54-48(69)55-37(47(67)68)14-15-42(59)60/h2-3,6-10,12-13,25-26,36-39H,4-5,11,14-24,27-29H2,1H3,(H,49,56)(H,50,61)(H,51,62)(H,52,57)(H,53,58)(H,59,60)(H,63,64)(H,65,66)(H,67,68)(H2,54,55,69)/t36-,37-,38-,39-/m0/s1. The van der Waals surface area contributed by atoms with E-state index >= 15 is 0 Å². The van der Waals surface area contributed by atoms with Crippen LogP contribution < -0.4 is 37.2 Å². The van der Waals surface area contributed by atoms with Crippen LogP contribution in [0, 0.1) is 0 Å². The second-order valence-electron chi connectivity index (χ2n) is 16.2. The average molecular weight is 1010 g/mol. The fourth-order valence-electron chi connectivity index (χ4n) is 6.84. The van der Waals surface area contributed by atoms with E-state index in [4.69, 9.17) is 19.3 Å². The number of aromatic carboxylic acids is 1. The van der Waals surface area contributed by atoms with Gasteiger partial charge in [0.15, 0.2) is 0 Å². The third kappa shape index (κ3) is 23.7. The predicted molar refractivity (Wildman–Crippen MR) is 256 cm³/mol. The predicted octanol–water partition coefficient (Wildman–Crippen LogP) is 0.342. The summed E-state index contributed by atoms with van der Waals surface area (Å²) in [4.78, 5) is 123. The maximum absolute atomic E-state index is 13.7. The Morgan fingerprint density at radius 2 is 1.10 bits per heavy atom. The summed E-state index contributed by atoms with van der Waals surface area (Å²) in [5, 5.41) is 56.4. The highest BCUT2D eigenvalue weighted by Crippen LogP contribution is 2.17. The summed E-state index contributed by atoms with van der Waals surface area (Å²) >= 11 is 0. The number of carbonyl (C=O) groups is 10. The van der Waals surface area contributed by atoms with Gasteiger partial charge in [-0.05, 0) is 59.7 Å². The minimum atomic E-state index is -1.58. The van der Waals surface area contributed by atoms with Gasteiger partial charge in [-0.3, -0.25) is 28.8 Å². The first-order chi connectivity index (χ1) is 34.4. The molecule has 0 radical (unpaired) electrons. The zero-order valence-electron chi connectivity index (χ0n) is 39.8. The molecule has 72 heavy (non-hydrogen) atoms. The Hall–Kier alpha value is -7.70. The molecule has 3 aromatic carbocycles. The van der Waals surface area contributed by atoms with Crippen molar-refractivity contribution in [2.75, 3.05) is 59.3 Å². The van der Waals surface area contributed by atoms with Crippen LogP contribution in [0.4, 0.5) is 4.79 Å². The zero-order chi connectivity index (χ0) is 52.8. The maximum atomic E-state index is 13.7. The monoisotopic (exact) mass is 1010 g/mol. The number of carboxylic acid groups (broad SMARTS) is 4. The van der Waals surface area contributed by atoms with Crippen LogP contribution in [-0.2, 0) is 65.4 Å². The molecular formula is C48H63N7O17. The van der Waals surface area contributed by atoms with Gasteiger partial charge in [0.2, 0.25) is 29.5 Å². The number of hydrogen-bond acceptors (Lipinski definition) is 13. The lowest BCUT2D eigenvalue weighted by Gasteiger charge is -2.21. The van der Waals surface area contributed by atoms with E-state index in [0.717, 1.165) is 10.8 Å². The molecule has 0 aliphatic carbocycles. The molecule has 0 aliphatic rings. The molecule has 0 fully saturated rings. The molecule has 0 unspecified atom stereocenters. The molecule has 3 rings (SSSR count). The van der Waals surface area contributed by atoms with Crippen molar-refractivity contribution in [2.24, 2.45) is 0 Å². The fraction of sp³-hybridized carbons (Fsp3) is 0.458. The molecule has 24 nitrogen and oxygen atoms in total. The van der Waals surface area contributed by atoms with Crippen molar-refractivity contribution in [3.63, 3.8) is 0 Å². The van der Waals surface area contributed by atoms with Crippen LogP contribution >= 0.6 is 0 Å². The summed E-state index contributed by atoms with van der Waals surface area (Å²) in [6, 6.07) is 12.2. The fourth-order valence-corrected chi connectivity index (χ4v) is 6.84. The number of nitrogens with one attached hydrogen (secondary N) is 7. The number of carbonyl (C=O) groups excluding carboxylic acids is 6. The first kappa shape index (κ1) is 58.6. The van der Waals surface area contributed by atoms with E-state index in [0.29, 0.717) is 30.9 Å². The Labute approximate surface area is 414 Å². The summed E-state index contributed by atoms with van der Waals surface area (Å²) in [6.45, 7) is 2.43. The third-order valence-corrected chi connectivity index (χ3v) is 10.5. The largest absolute Gasteiger partial charge is 0.481 e. The maximum Gasteiger partial charge on any atom is 0.335 e. The van der Waals surface area contributed by atoms with Gasteiger partial charge in [-0.15, -0.1) is 0 Å². The van der Waals surface area contributed by atoms with E-state index in [9.17, 15) is 63.3 Å². The van der Waals surface area contributed by atoms with Gasteiger partial charge in [0.25, 0.3) is 0 Å². The number of amides is 7. The molecule has 0 saturated carbocycles. The minimum Gasteiger partial charge on any atom is -0.481 e. The van der Waals surface area contributed by atoms with E-state index in [1.807, 2.05) is 36.4 Å². The number of ether oxygens (including phenoxy) is 3. The molecule has 0 heterocycles. The molecule has 0 saturated heterocycles. The SMILES string of the molecule is CC(=O)NCCOCCOCCOCCC(=O)N[C@@H](Cc1cccc(C(=O)O)c1)C(=O)NCC(=O)N[C@@H](Cc1ccc2ccccc2c1)C(=O)NCCCC[C@H](NC(=O)N[C@@H](CCC(=O)O)C(=O)O)C(=O)O. The molecule has 0 aliphatic heterocycles. The van der Waals surface area contributed by atoms with Crippen LogP contribution in [0.5, 0.6) is 0 Å². The molecule has 0 spiro atoms. The van der Waals surface area contributed by atoms with E-state index in [2.05, 4.69) is 37.2 Å². The zero-order valence-corrected chi connectivity index (χ0v) is 39.8. The average Bonchev–Trinajstić information content (AvgIpc) is 3.33. The van der Waals surface area contributed by atoms with Crippen molar-refractivity contribution in [3.8, 4) is 0 Å². The highest BCUT2D eigenvalue weighted by Gasteiger charge is 2.27. The molecule has 0 bridgehead atoms. The molecule has 11 N–H and O–H groups in total. The summed E-state index contributed by atoms with van der Waals surface area (Å²) in [7, 11) is 0. The van der Waals surface area contributed by atoms with Gasteiger partial charge in [-0.25, -0.2) is 19.2 Å². The Morgan fingerprint density at radius 1 is 0.514 bits per heavy atom. The molecule has 0 aromatic heterocycles. The van der Waals surface area contributed by atoms with Crippen LogP contribution in [0.3, 0.4) is 0 Å². The van der Waals surface area contributed by atoms with Crippen molar-refractivity contribution >= 4 is 70.2 Å². The number of unbranched alkanes of at least 4 members (excludes halogenated alkanes) is 1. The Balaban J connectivity index is 1.60. The summed E-state index contributed by atoms with van der Waals surface area (Å²) in [5.74, 6) is -8.31. The molecule has 24 heteroatoms. The quantitative estimate of drug-likeness (QED) is 0.0354. The van der Waals surface area contributed by atoms with Gasteiger partial charge in [0, 0.05) is 45.7 Å². The second kappa shape index (κ2) is 32.2. The molecule has 392 valence electrons. The topological polar surface area (TPSA) is 364 Å². The van der Waals surface area contributed by atoms with Crippen LogP contribution in [0.15, 0.2) is 66.7 Å². The van der Waals surface area contributed by atoms with Crippen molar-refractivity contribution in [3.05, 3.63) is 83.4 Å². The normalized spacial score (nSPS) is 12.5. The van der Waals surface area contributed by atoms with Gasteiger partial charge < -0.3 is 71.9 Å². The summed E-state index contributed by atoms with van der Waals surface area (Å²) in [5.41, 5.74) is 1.04. The van der Waals surface area contributed by atoms with Crippen LogP contribution in [-0.4, -0.2) is 163 Å². The van der Waals surface area contributed by atoms with E-state index < -0.39 is 97.1 Å². The van der Waals surface area contributed by atoms with Crippen LogP contribution in [0.1, 0.15) is 66.9 Å². The van der Waals surface area contributed by atoms with Crippen molar-refractivity contribution in [1.29, 1.82) is 0 Å². The molecule has 7 amide bonds. The highest BCUT2D eigenvalue weighted by molar-refractivity contribution is 5.93. The molecule has 3 aromatic rings. The smallest absolute Gasteiger partial charge is 0.335 e. The number of aliphatic carboxylic acids is 3. The van der Waals surface area contributed by atoms with Gasteiger partial charge in [-0.2, -0.15) is 0 Å². The number of fused-ring (bicyclic) bond motifs is 1. The van der Waals surface area contributed by atoms with Crippen LogP contribution in [0.2, 0.25) is 0 Å². The Bertz CT molecular complexity index is 2330. The number of urea groups is 1. The van der Waals surface area contributed by atoms with Gasteiger partial charge in [-0.1, -0.05) is 54.6 Å². The lowest BCUT2D eigenvalue weighted by atomic mass is 10.0. The lowest BCUT2D eigenvalue weighted by molar-refractivity contribution is -0.141. The molecular weight excluding hydrogens is 947 g/mol. The first-order valence-corrected chi connectivity index (χ1v) is 23.1. The first-order valence-electron chi connectivity index (χ1n) is 23.1. The van der Waals surface area contributed by atoms with Gasteiger partial charge in [0.05, 0.1) is 51.7 Å². The highest BCUT2D eigenvalue weighted by atomic mass is 16.5. The number of benzene rings is 3. The van der Waals surface area contributed by atoms with Gasteiger partial charge in [0.1, 0.15) is 24.2 Å². The van der Waals surface area contributed by atoms with Gasteiger partial charge >= 0.3 is 29.9 Å². The summed E-state index contributed by atoms with van der Waals surface area (Å²) in [6.07, 6.45) is -1.02. The lowest BCUT2D eigenvalue weighted by Crippen LogP contribution is -2.53. The minimum absolute atomic E-state index is 0.0101. The van der Waals surface area contributed by atoms with Crippen LogP contribution in [0.25, 0.3) is 10.8 Å². The van der Waals surface area contributed by atoms with E-state index in [-0.39, 0.29) is 83.0 Å². The number of carboxylic acids is 4. The van der Waals surface area contributed by atoms with E-state index in [1.165, 1.54) is 25.1 Å². The number of rotatable bonds is 35. The Morgan fingerprint density at radius 3 is 1.72 bits per heavy atom. The number of hydrogen-bond donors (Lipinski definition) is 11. The third-order valence-electron chi connectivity index (χ3n) is 10.5. The van der Waals surface area contributed by atoms with Crippen molar-refractivity contribution < 1.29 is 82.6 Å². The summed E-state index contributed by atoms with van der Waals surface area (Å²) < 4.78 is 16.2.